The summed E-state index contributed by atoms with van der Waals surface area (Å²) in [6.45, 7) is 9.64. The van der Waals surface area contributed by atoms with Gasteiger partial charge in [-0.2, -0.15) is 0 Å². The highest BCUT2D eigenvalue weighted by Crippen LogP contribution is 2.19. The Kier molecular flexibility index (Phi) is 10.4. The van der Waals surface area contributed by atoms with E-state index in [2.05, 4.69) is 16.1 Å². The summed E-state index contributed by atoms with van der Waals surface area (Å²) in [5.74, 6) is -1.15. The third kappa shape index (κ3) is 10.3. The zero-order valence-electron chi connectivity index (χ0n) is 22.1. The minimum Gasteiger partial charge on any atom is -0.465 e. The summed E-state index contributed by atoms with van der Waals surface area (Å²) in [5.41, 5.74) is 2.99. The monoisotopic (exact) mass is 553 g/mol. The number of hydroxylamine groups is 2. The molecule has 0 aliphatic rings. The highest BCUT2D eigenvalue weighted by molar-refractivity contribution is 7.92. The number of hydrogen-bond acceptors (Lipinski definition) is 6. The van der Waals surface area contributed by atoms with Crippen LogP contribution in [0.15, 0.2) is 36.4 Å². The number of ether oxygens (including phenoxy) is 1. The first-order chi connectivity index (χ1) is 17.0. The number of halogens is 1. The average Bonchev–Trinajstić information content (AvgIpc) is 2.77. The number of carbonyl (C=O) groups excluding carboxylic acids is 1. The van der Waals surface area contributed by atoms with Gasteiger partial charge in [0.25, 0.3) is 0 Å². The molecule has 2 aromatic carbocycles. The third-order valence-corrected chi connectivity index (χ3v) is 6.57. The molecule has 0 aliphatic heterocycles. The summed E-state index contributed by atoms with van der Waals surface area (Å²) in [4.78, 5) is 12.3. The molecule has 0 amide bonds. The predicted molar refractivity (Wildman–Crippen MR) is 146 cm³/mol. The summed E-state index contributed by atoms with van der Waals surface area (Å²) in [7, 11) is -3.54. The molecule has 204 valence electrons. The normalized spacial score (nSPS) is 12.5. The lowest BCUT2D eigenvalue weighted by atomic mass is 9.96. The Morgan fingerprint density at radius 2 is 1.84 bits per heavy atom. The van der Waals surface area contributed by atoms with Crippen LogP contribution in [0.1, 0.15) is 43.0 Å². The standard InChI is InChI=1S/C26H36FN3O5S2/c1-17-7-8-19(11-18(17)2)12-20(16-35-24(31)26(3,4)5)14-28-25(36)30(32)15-21-9-10-22(13-23(21)27)29-37(6,33)34/h7-11,13,20,29,32H,12,14-16H2,1-6H3,(H,28,36). The van der Waals surface area contributed by atoms with E-state index in [1.165, 1.54) is 17.7 Å². The molecule has 0 aliphatic carbocycles. The first-order valence-corrected chi connectivity index (χ1v) is 14.1. The number of benzene rings is 2. The number of carbonyl (C=O) groups is 1. The molecule has 11 heteroatoms. The van der Waals surface area contributed by atoms with E-state index in [0.29, 0.717) is 18.0 Å². The second-order valence-corrected chi connectivity index (χ2v) is 12.4. The molecule has 0 radical (unpaired) electrons. The van der Waals surface area contributed by atoms with Gasteiger partial charge in [-0.25, -0.2) is 17.9 Å². The van der Waals surface area contributed by atoms with E-state index in [-0.39, 0.29) is 41.4 Å². The molecule has 2 aromatic rings. The molecule has 2 rings (SSSR count). The van der Waals surface area contributed by atoms with Gasteiger partial charge in [-0.05, 0) is 82.1 Å². The van der Waals surface area contributed by atoms with Gasteiger partial charge < -0.3 is 10.1 Å². The Balaban J connectivity index is 2.04. The largest absolute Gasteiger partial charge is 0.465 e. The topological polar surface area (TPSA) is 108 Å². The second kappa shape index (κ2) is 12.7. The SMILES string of the molecule is Cc1ccc(CC(CNC(=S)N(O)Cc2ccc(NS(C)(=O)=O)cc2F)COC(=O)C(C)(C)C)cc1C. The van der Waals surface area contributed by atoms with Gasteiger partial charge in [-0.3, -0.25) is 14.7 Å². The van der Waals surface area contributed by atoms with Crippen LogP contribution in [-0.2, 0) is 32.5 Å². The fourth-order valence-corrected chi connectivity index (χ4v) is 4.08. The van der Waals surface area contributed by atoms with Crippen LogP contribution >= 0.6 is 12.2 Å². The van der Waals surface area contributed by atoms with E-state index in [0.717, 1.165) is 23.4 Å². The Hall–Kier alpha value is -2.76. The molecule has 8 nitrogen and oxygen atoms in total. The number of esters is 1. The maximum Gasteiger partial charge on any atom is 0.311 e. The maximum atomic E-state index is 14.5. The van der Waals surface area contributed by atoms with Crippen LogP contribution in [0, 0.1) is 31.0 Å². The van der Waals surface area contributed by atoms with Gasteiger partial charge in [-0.1, -0.05) is 24.3 Å². The van der Waals surface area contributed by atoms with Gasteiger partial charge >= 0.3 is 5.97 Å². The Morgan fingerprint density at radius 1 is 1.16 bits per heavy atom. The van der Waals surface area contributed by atoms with Gasteiger partial charge in [0.15, 0.2) is 5.11 Å². The average molecular weight is 554 g/mol. The van der Waals surface area contributed by atoms with Crippen molar-refractivity contribution in [1.29, 1.82) is 0 Å². The number of anilines is 1. The maximum absolute atomic E-state index is 14.5. The molecule has 0 spiro atoms. The lowest BCUT2D eigenvalue weighted by molar-refractivity contribution is -0.154. The lowest BCUT2D eigenvalue weighted by Gasteiger charge is -2.24. The van der Waals surface area contributed by atoms with E-state index in [9.17, 15) is 22.8 Å². The Morgan fingerprint density at radius 3 is 2.41 bits per heavy atom. The minimum absolute atomic E-state index is 0.0232. The van der Waals surface area contributed by atoms with Crippen molar-refractivity contribution in [2.75, 3.05) is 24.1 Å². The molecule has 0 bridgehead atoms. The summed E-state index contributed by atoms with van der Waals surface area (Å²) in [6, 6.07) is 9.96. The molecule has 1 unspecified atom stereocenters. The zero-order valence-corrected chi connectivity index (χ0v) is 23.7. The van der Waals surface area contributed by atoms with Crippen molar-refractivity contribution in [3.05, 3.63) is 64.5 Å². The lowest BCUT2D eigenvalue weighted by Crippen LogP contribution is -2.41. The van der Waals surface area contributed by atoms with Crippen LogP contribution < -0.4 is 10.0 Å². The van der Waals surface area contributed by atoms with Crippen LogP contribution in [-0.4, -0.2) is 49.2 Å². The highest BCUT2D eigenvalue weighted by Gasteiger charge is 2.25. The Bertz CT molecular complexity index is 1230. The number of sulfonamides is 1. The zero-order chi connectivity index (χ0) is 28.0. The molecule has 0 saturated heterocycles. The van der Waals surface area contributed by atoms with Crippen molar-refractivity contribution in [1.82, 2.24) is 10.4 Å². The van der Waals surface area contributed by atoms with Gasteiger partial charge in [0.05, 0.1) is 30.5 Å². The van der Waals surface area contributed by atoms with E-state index in [1.54, 1.807) is 20.8 Å². The number of rotatable bonds is 10. The first kappa shape index (κ1) is 30.5. The van der Waals surface area contributed by atoms with Crippen LogP contribution in [0.25, 0.3) is 0 Å². The molecule has 0 fully saturated rings. The van der Waals surface area contributed by atoms with Crippen molar-refractivity contribution in [2.45, 2.75) is 47.6 Å². The van der Waals surface area contributed by atoms with Crippen molar-refractivity contribution < 1.29 is 27.5 Å². The minimum atomic E-state index is -3.54. The number of nitrogens with zero attached hydrogens (tertiary/aromatic N) is 1. The second-order valence-electron chi connectivity index (χ2n) is 10.3. The quantitative estimate of drug-likeness (QED) is 0.227. The summed E-state index contributed by atoms with van der Waals surface area (Å²) < 4.78 is 44.9. The molecule has 0 aromatic heterocycles. The van der Waals surface area contributed by atoms with Crippen LogP contribution in [0.4, 0.5) is 10.1 Å². The summed E-state index contributed by atoms with van der Waals surface area (Å²) >= 11 is 5.28. The number of nitrogens with one attached hydrogen (secondary N) is 2. The number of aryl methyl sites for hydroxylation is 2. The smallest absolute Gasteiger partial charge is 0.311 e. The highest BCUT2D eigenvalue weighted by atomic mass is 32.2. The van der Waals surface area contributed by atoms with Crippen molar-refractivity contribution in [3.63, 3.8) is 0 Å². The van der Waals surface area contributed by atoms with Crippen LogP contribution in [0.5, 0.6) is 0 Å². The van der Waals surface area contributed by atoms with Gasteiger partial charge in [0, 0.05) is 18.0 Å². The third-order valence-electron chi connectivity index (χ3n) is 5.61. The van der Waals surface area contributed by atoms with E-state index >= 15 is 0 Å². The van der Waals surface area contributed by atoms with Gasteiger partial charge in [0.2, 0.25) is 10.0 Å². The van der Waals surface area contributed by atoms with Gasteiger partial charge in [-0.15, -0.1) is 0 Å². The fourth-order valence-electron chi connectivity index (χ4n) is 3.37. The summed E-state index contributed by atoms with van der Waals surface area (Å²) in [6.07, 6.45) is 1.58. The predicted octanol–water partition coefficient (Wildman–Crippen LogP) is 4.33. The fraction of sp³-hybridized carbons (Fsp3) is 0.462. The van der Waals surface area contributed by atoms with Crippen LogP contribution in [0.2, 0.25) is 0 Å². The van der Waals surface area contributed by atoms with Gasteiger partial charge in [0.1, 0.15) is 5.82 Å². The molecule has 1 atom stereocenters. The van der Waals surface area contributed by atoms with Crippen molar-refractivity contribution >= 4 is 39.0 Å². The van der Waals surface area contributed by atoms with E-state index in [4.69, 9.17) is 17.0 Å². The number of thiocarbonyl (C=S) groups is 1. The number of hydrogen-bond donors (Lipinski definition) is 3. The molecule has 0 heterocycles. The molecule has 0 saturated carbocycles. The molecule has 3 N–H and O–H groups in total. The molecule has 37 heavy (non-hydrogen) atoms. The van der Waals surface area contributed by atoms with E-state index < -0.39 is 21.3 Å². The Labute approximate surface area is 224 Å². The summed E-state index contributed by atoms with van der Waals surface area (Å²) in [5, 5.41) is 14.1. The van der Waals surface area contributed by atoms with Crippen LogP contribution in [0.3, 0.4) is 0 Å². The van der Waals surface area contributed by atoms with Crippen molar-refractivity contribution in [2.24, 2.45) is 11.3 Å². The molecular weight excluding hydrogens is 517 g/mol. The van der Waals surface area contributed by atoms with E-state index in [1.807, 2.05) is 26.0 Å². The van der Waals surface area contributed by atoms with Crippen molar-refractivity contribution in [3.8, 4) is 0 Å². The first-order valence-electron chi connectivity index (χ1n) is 11.8. The molecular formula is C26H36FN3O5S2.